The first kappa shape index (κ1) is 9.72. The Kier molecular flexibility index (Phi) is 3.45. The molecule has 1 aromatic heterocycles. The second-order valence-corrected chi connectivity index (χ2v) is 5.24. The third-order valence-electron chi connectivity index (χ3n) is 2.79. The molecule has 0 nitrogen and oxygen atoms in total. The van der Waals surface area contributed by atoms with Crippen LogP contribution in [0.4, 0.5) is 0 Å². The standard InChI is InChI=1S/C11H15BrS/c12-7-9-8-13-11-6-4-2-1-3-5-10(9)11/h8H,1-7H2. The van der Waals surface area contributed by atoms with Gasteiger partial charge in [-0.1, -0.05) is 28.8 Å². The van der Waals surface area contributed by atoms with Crippen molar-refractivity contribution in [3.63, 3.8) is 0 Å². The molecule has 0 aliphatic heterocycles. The number of hydrogen-bond acceptors (Lipinski definition) is 1. The molecule has 72 valence electrons. The normalized spacial score (nSPS) is 17.6. The number of hydrogen-bond donors (Lipinski definition) is 0. The summed E-state index contributed by atoms with van der Waals surface area (Å²) in [7, 11) is 0. The Bertz CT molecular complexity index is 278. The Morgan fingerprint density at radius 3 is 2.69 bits per heavy atom. The van der Waals surface area contributed by atoms with E-state index in [1.54, 1.807) is 16.0 Å². The van der Waals surface area contributed by atoms with Gasteiger partial charge < -0.3 is 0 Å². The highest BCUT2D eigenvalue weighted by atomic mass is 79.9. The van der Waals surface area contributed by atoms with E-state index in [4.69, 9.17) is 0 Å². The molecule has 2 rings (SSSR count). The topological polar surface area (TPSA) is 0 Å². The number of fused-ring (bicyclic) bond motifs is 1. The number of thiophene rings is 1. The fourth-order valence-electron chi connectivity index (χ4n) is 2.03. The van der Waals surface area contributed by atoms with Gasteiger partial charge in [-0.3, -0.25) is 0 Å². The number of aryl methyl sites for hydroxylation is 1. The lowest BCUT2D eigenvalue weighted by atomic mass is 9.97. The summed E-state index contributed by atoms with van der Waals surface area (Å²) in [5, 5.41) is 3.38. The molecule has 1 aliphatic rings. The summed E-state index contributed by atoms with van der Waals surface area (Å²) in [6.45, 7) is 0. The maximum Gasteiger partial charge on any atom is 0.0294 e. The molecule has 1 aliphatic carbocycles. The summed E-state index contributed by atoms with van der Waals surface area (Å²) in [4.78, 5) is 1.66. The van der Waals surface area contributed by atoms with Gasteiger partial charge in [0.05, 0.1) is 0 Å². The lowest BCUT2D eigenvalue weighted by Gasteiger charge is -2.10. The molecule has 0 saturated heterocycles. The van der Waals surface area contributed by atoms with Gasteiger partial charge in [-0.25, -0.2) is 0 Å². The summed E-state index contributed by atoms with van der Waals surface area (Å²) in [6, 6.07) is 0. The van der Waals surface area contributed by atoms with Gasteiger partial charge in [-0.2, -0.15) is 0 Å². The molecule has 0 unspecified atom stereocenters. The van der Waals surface area contributed by atoms with Crippen LogP contribution in [0.3, 0.4) is 0 Å². The van der Waals surface area contributed by atoms with Crippen LogP contribution in [0.2, 0.25) is 0 Å². The minimum atomic E-state index is 1.04. The van der Waals surface area contributed by atoms with Gasteiger partial charge in [0.15, 0.2) is 0 Å². The van der Waals surface area contributed by atoms with Gasteiger partial charge in [-0.05, 0) is 42.2 Å². The van der Waals surface area contributed by atoms with E-state index in [1.807, 2.05) is 11.3 Å². The van der Waals surface area contributed by atoms with Crippen LogP contribution in [-0.2, 0) is 18.2 Å². The molecule has 0 bridgehead atoms. The molecule has 1 aromatic rings. The van der Waals surface area contributed by atoms with E-state index < -0.39 is 0 Å². The summed E-state index contributed by atoms with van der Waals surface area (Å²) in [6.07, 6.45) is 8.30. The predicted octanol–water partition coefficient (Wildman–Crippen LogP) is 4.30. The van der Waals surface area contributed by atoms with Gasteiger partial charge in [-0.15, -0.1) is 11.3 Å². The maximum atomic E-state index is 3.57. The molecule has 2 heteroatoms. The van der Waals surface area contributed by atoms with Crippen molar-refractivity contribution in [2.24, 2.45) is 0 Å². The van der Waals surface area contributed by atoms with Crippen LogP contribution in [0.5, 0.6) is 0 Å². The number of halogens is 1. The molecular weight excluding hydrogens is 244 g/mol. The SMILES string of the molecule is BrCc1csc2c1CCCCCC2. The number of alkyl halides is 1. The lowest BCUT2D eigenvalue weighted by molar-refractivity contribution is 0.621. The molecule has 0 fully saturated rings. The molecule has 0 radical (unpaired) electrons. The zero-order chi connectivity index (χ0) is 9.10. The zero-order valence-corrected chi connectivity index (χ0v) is 10.2. The van der Waals surface area contributed by atoms with Crippen molar-refractivity contribution >= 4 is 27.3 Å². The summed E-state index contributed by atoms with van der Waals surface area (Å²) >= 11 is 5.54. The molecule has 0 amide bonds. The van der Waals surface area contributed by atoms with Crippen LogP contribution >= 0.6 is 27.3 Å². The van der Waals surface area contributed by atoms with Crippen molar-refractivity contribution in [1.82, 2.24) is 0 Å². The van der Waals surface area contributed by atoms with E-state index in [-0.39, 0.29) is 0 Å². The summed E-state index contributed by atoms with van der Waals surface area (Å²) in [5.41, 5.74) is 3.21. The third kappa shape index (κ3) is 2.16. The van der Waals surface area contributed by atoms with Crippen molar-refractivity contribution < 1.29 is 0 Å². The molecule has 1 heterocycles. The van der Waals surface area contributed by atoms with E-state index >= 15 is 0 Å². The molecule has 0 N–H and O–H groups in total. The van der Waals surface area contributed by atoms with E-state index in [0.29, 0.717) is 0 Å². The van der Waals surface area contributed by atoms with E-state index in [2.05, 4.69) is 21.3 Å². The van der Waals surface area contributed by atoms with Crippen LogP contribution in [0, 0.1) is 0 Å². The van der Waals surface area contributed by atoms with Crippen LogP contribution in [0.25, 0.3) is 0 Å². The minimum absolute atomic E-state index is 1.04. The summed E-state index contributed by atoms with van der Waals surface area (Å²) in [5.74, 6) is 0. The van der Waals surface area contributed by atoms with Crippen molar-refractivity contribution in [3.8, 4) is 0 Å². The Morgan fingerprint density at radius 2 is 1.92 bits per heavy atom. The largest absolute Gasteiger partial charge is 0.148 e. The first-order valence-corrected chi connectivity index (χ1v) is 7.06. The Morgan fingerprint density at radius 1 is 1.15 bits per heavy atom. The van der Waals surface area contributed by atoms with Crippen LogP contribution in [-0.4, -0.2) is 0 Å². The molecule has 0 atom stereocenters. The highest BCUT2D eigenvalue weighted by Crippen LogP contribution is 2.29. The van der Waals surface area contributed by atoms with E-state index in [9.17, 15) is 0 Å². The van der Waals surface area contributed by atoms with Crippen LogP contribution < -0.4 is 0 Å². The third-order valence-corrected chi connectivity index (χ3v) is 4.53. The number of rotatable bonds is 1. The monoisotopic (exact) mass is 258 g/mol. The van der Waals surface area contributed by atoms with Crippen molar-refractivity contribution in [1.29, 1.82) is 0 Å². The lowest BCUT2D eigenvalue weighted by Crippen LogP contribution is -1.97. The van der Waals surface area contributed by atoms with Crippen LogP contribution in [0.1, 0.15) is 41.7 Å². The predicted molar refractivity (Wildman–Crippen MR) is 62.8 cm³/mol. The zero-order valence-electron chi connectivity index (χ0n) is 7.81. The molecule has 0 aromatic carbocycles. The Hall–Kier alpha value is 0.180. The van der Waals surface area contributed by atoms with Gasteiger partial charge >= 0.3 is 0 Å². The van der Waals surface area contributed by atoms with Gasteiger partial charge in [0, 0.05) is 10.2 Å². The molecule has 0 saturated carbocycles. The first-order valence-electron chi connectivity index (χ1n) is 5.06. The summed E-state index contributed by atoms with van der Waals surface area (Å²) < 4.78 is 0. The van der Waals surface area contributed by atoms with E-state index in [1.165, 1.54) is 38.5 Å². The Labute approximate surface area is 92.5 Å². The Balaban J connectivity index is 2.25. The quantitative estimate of drug-likeness (QED) is 0.659. The van der Waals surface area contributed by atoms with Crippen LogP contribution in [0.15, 0.2) is 5.38 Å². The van der Waals surface area contributed by atoms with Gasteiger partial charge in [0.25, 0.3) is 0 Å². The second-order valence-electron chi connectivity index (χ2n) is 3.71. The van der Waals surface area contributed by atoms with E-state index in [0.717, 1.165) is 5.33 Å². The first-order chi connectivity index (χ1) is 6.42. The molecular formula is C11H15BrS. The fourth-order valence-corrected chi connectivity index (χ4v) is 3.89. The van der Waals surface area contributed by atoms with Gasteiger partial charge in [0.1, 0.15) is 0 Å². The molecule has 13 heavy (non-hydrogen) atoms. The van der Waals surface area contributed by atoms with Crippen molar-refractivity contribution in [2.75, 3.05) is 0 Å². The maximum absolute atomic E-state index is 3.57. The van der Waals surface area contributed by atoms with Crippen molar-refractivity contribution in [3.05, 3.63) is 21.4 Å². The van der Waals surface area contributed by atoms with Crippen molar-refractivity contribution in [2.45, 2.75) is 43.9 Å². The highest BCUT2D eigenvalue weighted by Gasteiger charge is 2.12. The highest BCUT2D eigenvalue weighted by molar-refractivity contribution is 9.08. The average Bonchev–Trinajstić information content (AvgIpc) is 2.46. The second kappa shape index (κ2) is 4.61. The molecule has 0 spiro atoms. The average molecular weight is 259 g/mol. The smallest absolute Gasteiger partial charge is 0.0294 e. The minimum Gasteiger partial charge on any atom is -0.148 e. The fraction of sp³-hybridized carbons (Fsp3) is 0.636. The van der Waals surface area contributed by atoms with Gasteiger partial charge in [0.2, 0.25) is 0 Å².